The van der Waals surface area contributed by atoms with Crippen molar-refractivity contribution in [3.8, 4) is 11.8 Å². The van der Waals surface area contributed by atoms with E-state index < -0.39 is 0 Å². The fourth-order valence-corrected chi connectivity index (χ4v) is 1.38. The normalized spacial score (nSPS) is 9.25. The van der Waals surface area contributed by atoms with E-state index in [0.29, 0.717) is 13.0 Å². The van der Waals surface area contributed by atoms with Gasteiger partial charge < -0.3 is 4.42 Å². The largest absolute Gasteiger partial charge is 0.463 e. The maximum absolute atomic E-state index is 8.09. The lowest BCUT2D eigenvalue weighted by Crippen LogP contribution is -1.74. The summed E-state index contributed by atoms with van der Waals surface area (Å²) >= 11 is 0. The van der Waals surface area contributed by atoms with Crippen LogP contribution in [0.4, 0.5) is 0 Å². The van der Waals surface area contributed by atoms with E-state index in [0.717, 1.165) is 16.5 Å². The smallest absolute Gasteiger partial charge is 0.135 e. The maximum Gasteiger partial charge on any atom is 0.135 e. The summed E-state index contributed by atoms with van der Waals surface area (Å²) in [5.41, 5.74) is 9.79. The highest BCUT2D eigenvalue weighted by atomic mass is 16.3. The van der Waals surface area contributed by atoms with Gasteiger partial charge in [0.05, 0.1) is 5.56 Å². The molecule has 0 saturated carbocycles. The summed E-state index contributed by atoms with van der Waals surface area (Å²) < 4.78 is 5.34. The summed E-state index contributed by atoms with van der Waals surface area (Å²) in [6.45, 7) is 0.402. The third-order valence-corrected chi connectivity index (χ3v) is 2.10. The maximum atomic E-state index is 8.09. The van der Waals surface area contributed by atoms with E-state index >= 15 is 0 Å². The Morgan fingerprint density at radius 1 is 1.38 bits per heavy atom. The van der Waals surface area contributed by atoms with Crippen LogP contribution in [-0.4, -0.2) is 6.54 Å². The molecule has 0 atom stereocenters. The van der Waals surface area contributed by atoms with Crippen LogP contribution < -0.4 is 0 Å². The molecule has 0 aliphatic rings. The van der Waals surface area contributed by atoms with Crippen molar-refractivity contribution in [1.29, 1.82) is 0 Å². The predicted octanol–water partition coefficient (Wildman–Crippen LogP) is 3.48. The summed E-state index contributed by atoms with van der Waals surface area (Å²) in [4.78, 5) is 2.66. The van der Waals surface area contributed by atoms with E-state index in [-0.39, 0.29) is 0 Å². The molecule has 2 rings (SSSR count). The van der Waals surface area contributed by atoms with Crippen LogP contribution >= 0.6 is 0 Å². The lowest BCUT2D eigenvalue weighted by molar-refractivity contribution is 0.615. The fraction of sp³-hybridized carbons (Fsp3) is 0.167. The molecule has 0 aliphatic heterocycles. The summed E-state index contributed by atoms with van der Waals surface area (Å²) in [6.07, 6.45) is 2.20. The number of furan rings is 1. The Morgan fingerprint density at radius 2 is 2.25 bits per heavy atom. The third kappa shape index (κ3) is 2.17. The molecule has 0 radical (unpaired) electrons. The Labute approximate surface area is 92.5 Å². The number of hydrogen-bond donors (Lipinski definition) is 0. The molecule has 0 aliphatic carbocycles. The van der Waals surface area contributed by atoms with Crippen molar-refractivity contribution in [1.82, 2.24) is 0 Å². The molecule has 78 valence electrons. The first-order valence-corrected chi connectivity index (χ1v) is 4.88. The van der Waals surface area contributed by atoms with Gasteiger partial charge in [0.25, 0.3) is 0 Å². The van der Waals surface area contributed by atoms with Crippen molar-refractivity contribution in [3.63, 3.8) is 0 Å². The topological polar surface area (TPSA) is 61.9 Å². The number of benzene rings is 1. The molecule has 0 bridgehead atoms. The minimum absolute atomic E-state index is 0.402. The van der Waals surface area contributed by atoms with Crippen molar-refractivity contribution in [2.45, 2.75) is 6.42 Å². The van der Waals surface area contributed by atoms with E-state index in [1.165, 1.54) is 0 Å². The van der Waals surface area contributed by atoms with E-state index in [9.17, 15) is 0 Å². The molecule has 1 heterocycles. The van der Waals surface area contributed by atoms with Gasteiger partial charge in [-0.25, -0.2) is 0 Å². The second-order valence-corrected chi connectivity index (χ2v) is 3.15. The van der Waals surface area contributed by atoms with Crippen molar-refractivity contribution >= 4 is 11.0 Å². The van der Waals surface area contributed by atoms with Gasteiger partial charge in [0, 0.05) is 23.3 Å². The second-order valence-electron chi connectivity index (χ2n) is 3.15. The molecule has 0 N–H and O–H groups in total. The van der Waals surface area contributed by atoms with Crippen molar-refractivity contribution in [2.24, 2.45) is 5.11 Å². The van der Waals surface area contributed by atoms with E-state index in [1.54, 1.807) is 6.26 Å². The van der Waals surface area contributed by atoms with Crippen LogP contribution in [0.1, 0.15) is 12.0 Å². The Morgan fingerprint density at radius 3 is 3.12 bits per heavy atom. The van der Waals surface area contributed by atoms with Gasteiger partial charge in [0.1, 0.15) is 11.8 Å². The van der Waals surface area contributed by atoms with Gasteiger partial charge in [0.2, 0.25) is 0 Å². The average molecular weight is 211 g/mol. The second kappa shape index (κ2) is 4.92. The molecule has 4 nitrogen and oxygen atoms in total. The molecule has 4 heteroatoms. The Hall–Kier alpha value is -2.37. The van der Waals surface area contributed by atoms with Gasteiger partial charge in [-0.15, -0.1) is 0 Å². The highest BCUT2D eigenvalue weighted by molar-refractivity contribution is 5.83. The molecule has 1 aromatic heterocycles. The monoisotopic (exact) mass is 211 g/mol. The zero-order valence-corrected chi connectivity index (χ0v) is 8.55. The minimum Gasteiger partial charge on any atom is -0.463 e. The van der Waals surface area contributed by atoms with Crippen LogP contribution in [0.25, 0.3) is 21.4 Å². The summed E-state index contributed by atoms with van der Waals surface area (Å²) in [5.74, 6) is 5.94. The fourth-order valence-electron chi connectivity index (χ4n) is 1.38. The van der Waals surface area contributed by atoms with Crippen LogP contribution in [0.15, 0.2) is 40.1 Å². The summed E-state index contributed by atoms with van der Waals surface area (Å²) in [7, 11) is 0. The highest BCUT2D eigenvalue weighted by Gasteiger charge is 2.00. The first kappa shape index (κ1) is 10.2. The third-order valence-electron chi connectivity index (χ3n) is 2.10. The van der Waals surface area contributed by atoms with Crippen LogP contribution in [0.2, 0.25) is 0 Å². The molecule has 0 amide bonds. The first-order chi connectivity index (χ1) is 7.92. The number of hydrogen-bond acceptors (Lipinski definition) is 2. The zero-order chi connectivity index (χ0) is 11.2. The molecule has 16 heavy (non-hydrogen) atoms. The number of para-hydroxylation sites is 1. The van der Waals surface area contributed by atoms with Gasteiger partial charge >= 0.3 is 0 Å². The first-order valence-electron chi connectivity index (χ1n) is 4.88. The van der Waals surface area contributed by atoms with Crippen molar-refractivity contribution in [2.75, 3.05) is 6.54 Å². The SMILES string of the molecule is [N-]=[N+]=NCCC#Cc1coc2ccccc12. The summed E-state index contributed by atoms with van der Waals surface area (Å²) in [5, 5.41) is 4.42. The van der Waals surface area contributed by atoms with E-state index in [2.05, 4.69) is 21.9 Å². The van der Waals surface area contributed by atoms with E-state index in [1.807, 2.05) is 24.3 Å². The number of azide groups is 1. The lowest BCUT2D eigenvalue weighted by atomic mass is 10.2. The molecule has 0 saturated heterocycles. The standard InChI is InChI=1S/C12H9N3O/c13-15-14-8-4-3-5-10-9-16-12-7-2-1-6-11(10)12/h1-2,6-7,9H,4,8H2. The summed E-state index contributed by atoms with van der Waals surface area (Å²) in [6, 6.07) is 7.74. The van der Waals surface area contributed by atoms with Gasteiger partial charge in [-0.1, -0.05) is 29.1 Å². The number of nitrogens with zero attached hydrogens (tertiary/aromatic N) is 3. The van der Waals surface area contributed by atoms with Crippen LogP contribution in [0.3, 0.4) is 0 Å². The van der Waals surface area contributed by atoms with Crippen LogP contribution in [-0.2, 0) is 0 Å². The molecule has 0 fully saturated rings. The van der Waals surface area contributed by atoms with Gasteiger partial charge in [-0.05, 0) is 17.7 Å². The van der Waals surface area contributed by atoms with Crippen molar-refractivity contribution in [3.05, 3.63) is 46.5 Å². The highest BCUT2D eigenvalue weighted by Crippen LogP contribution is 2.19. The minimum atomic E-state index is 0.402. The number of rotatable bonds is 2. The molecule has 0 unspecified atom stereocenters. The average Bonchev–Trinajstić information content (AvgIpc) is 2.73. The molecule has 2 aromatic rings. The quantitative estimate of drug-likeness (QED) is 0.246. The lowest BCUT2D eigenvalue weighted by Gasteiger charge is -1.85. The predicted molar refractivity (Wildman–Crippen MR) is 61.7 cm³/mol. The van der Waals surface area contributed by atoms with Crippen LogP contribution in [0.5, 0.6) is 0 Å². The molecular formula is C12H9N3O. The molecule has 1 aromatic carbocycles. The Balaban J connectivity index is 2.18. The van der Waals surface area contributed by atoms with Gasteiger partial charge in [-0.2, -0.15) is 0 Å². The Kier molecular flexibility index (Phi) is 3.12. The van der Waals surface area contributed by atoms with Crippen LogP contribution in [0, 0.1) is 11.8 Å². The molecular weight excluding hydrogens is 202 g/mol. The zero-order valence-electron chi connectivity index (χ0n) is 8.55. The molecule has 0 spiro atoms. The van der Waals surface area contributed by atoms with Gasteiger partial charge in [0.15, 0.2) is 0 Å². The number of fused-ring (bicyclic) bond motifs is 1. The van der Waals surface area contributed by atoms with E-state index in [4.69, 9.17) is 9.95 Å². The van der Waals surface area contributed by atoms with Gasteiger partial charge in [-0.3, -0.25) is 0 Å². The Bertz CT molecular complexity index is 597. The van der Waals surface area contributed by atoms with Crippen molar-refractivity contribution < 1.29 is 4.42 Å².